The molecule has 0 fully saturated rings. The monoisotopic (exact) mass is 666 g/mol. The molecule has 0 spiro atoms. The Morgan fingerprint density at radius 1 is 0.708 bits per heavy atom. The zero-order valence-electron chi connectivity index (χ0n) is 29.6. The van der Waals surface area contributed by atoms with Crippen LogP contribution in [0.4, 0.5) is 0 Å². The molecular weight excluding hydrogens is 608 g/mol. The SMILES string of the molecule is CCCCCCCCCCCC(=O)Oc1cc(OC(=O)CCCCCCCCCCC)c2c(c1)O[C@H](c1ccc(OC)c(O)c1)CC2=O. The van der Waals surface area contributed by atoms with Gasteiger partial charge in [0, 0.05) is 25.0 Å². The van der Waals surface area contributed by atoms with Gasteiger partial charge in [-0.25, -0.2) is 0 Å². The third-order valence-electron chi connectivity index (χ3n) is 8.96. The normalized spacial score (nSPS) is 13.9. The summed E-state index contributed by atoms with van der Waals surface area (Å²) in [5, 5.41) is 10.3. The Morgan fingerprint density at radius 2 is 1.23 bits per heavy atom. The topological polar surface area (TPSA) is 108 Å². The van der Waals surface area contributed by atoms with Crippen molar-refractivity contribution in [1.29, 1.82) is 0 Å². The van der Waals surface area contributed by atoms with E-state index in [4.69, 9.17) is 18.9 Å². The lowest BCUT2D eigenvalue weighted by atomic mass is 9.95. The van der Waals surface area contributed by atoms with E-state index in [0.717, 1.165) is 38.5 Å². The number of ether oxygens (including phenoxy) is 4. The number of ketones is 1. The number of hydrogen-bond donors (Lipinski definition) is 1. The molecule has 48 heavy (non-hydrogen) atoms. The second-order valence-corrected chi connectivity index (χ2v) is 13.1. The van der Waals surface area contributed by atoms with Gasteiger partial charge < -0.3 is 24.1 Å². The molecule has 1 aliphatic heterocycles. The van der Waals surface area contributed by atoms with Crippen molar-refractivity contribution in [3.8, 4) is 28.7 Å². The van der Waals surface area contributed by atoms with Crippen molar-refractivity contribution in [2.24, 2.45) is 0 Å². The number of aromatic hydroxyl groups is 1. The Labute approximate surface area is 287 Å². The smallest absolute Gasteiger partial charge is 0.311 e. The van der Waals surface area contributed by atoms with E-state index in [1.165, 1.54) is 95.9 Å². The maximum atomic E-state index is 13.5. The van der Waals surface area contributed by atoms with Gasteiger partial charge in [0.15, 0.2) is 17.3 Å². The molecular formula is C40H58O8. The quantitative estimate of drug-likeness (QED) is 0.0670. The Hall–Kier alpha value is -3.55. The predicted molar refractivity (Wildman–Crippen MR) is 188 cm³/mol. The fourth-order valence-electron chi connectivity index (χ4n) is 6.15. The molecule has 1 N–H and O–H groups in total. The predicted octanol–water partition coefficient (Wildman–Crippen LogP) is 10.8. The molecule has 0 bridgehead atoms. The van der Waals surface area contributed by atoms with Crippen molar-refractivity contribution in [3.05, 3.63) is 41.5 Å². The molecule has 3 rings (SSSR count). The molecule has 0 aliphatic carbocycles. The molecule has 1 atom stereocenters. The number of unbranched alkanes of at least 4 members (excludes halogenated alkanes) is 16. The standard InChI is InChI=1S/C40H58O8/c1-4-6-8-10-12-14-16-18-20-22-38(43)46-31-27-36-40(33(42)29-35(47-36)30-24-25-34(45-3)32(41)26-30)37(28-31)48-39(44)23-21-19-17-15-13-11-9-7-5-2/h24-28,35,41H,4-23,29H2,1-3H3/t35-/m0/s1. The van der Waals surface area contributed by atoms with E-state index < -0.39 is 12.1 Å². The Balaban J connectivity index is 1.63. The van der Waals surface area contributed by atoms with Gasteiger partial charge >= 0.3 is 11.9 Å². The van der Waals surface area contributed by atoms with Crippen LogP contribution >= 0.6 is 0 Å². The molecule has 0 amide bonds. The molecule has 0 aromatic heterocycles. The third kappa shape index (κ3) is 13.5. The maximum absolute atomic E-state index is 13.5. The number of methoxy groups -OCH3 is 1. The fourth-order valence-corrected chi connectivity index (χ4v) is 6.15. The van der Waals surface area contributed by atoms with Crippen molar-refractivity contribution in [1.82, 2.24) is 0 Å². The molecule has 2 aromatic rings. The first kappa shape index (κ1) is 38.9. The lowest BCUT2D eigenvalue weighted by Crippen LogP contribution is -2.22. The van der Waals surface area contributed by atoms with E-state index in [9.17, 15) is 19.5 Å². The Morgan fingerprint density at radius 3 is 1.75 bits per heavy atom. The zero-order chi connectivity index (χ0) is 34.6. The summed E-state index contributed by atoms with van der Waals surface area (Å²) in [6.45, 7) is 4.43. The lowest BCUT2D eigenvalue weighted by molar-refractivity contribution is -0.135. The summed E-state index contributed by atoms with van der Waals surface area (Å²) in [4.78, 5) is 39.2. The van der Waals surface area contributed by atoms with Crippen LogP contribution in [0.1, 0.15) is 171 Å². The molecule has 8 nitrogen and oxygen atoms in total. The van der Waals surface area contributed by atoms with E-state index in [0.29, 0.717) is 17.7 Å². The van der Waals surface area contributed by atoms with Crippen LogP contribution in [-0.4, -0.2) is 29.9 Å². The number of benzene rings is 2. The van der Waals surface area contributed by atoms with Gasteiger partial charge in [0.1, 0.15) is 28.9 Å². The first-order valence-corrected chi connectivity index (χ1v) is 18.5. The first-order chi connectivity index (χ1) is 23.4. The maximum Gasteiger partial charge on any atom is 0.311 e. The molecule has 1 heterocycles. The molecule has 0 saturated carbocycles. The van der Waals surface area contributed by atoms with Gasteiger partial charge in [0.05, 0.1) is 13.5 Å². The Kier molecular flexibility index (Phi) is 18.0. The Bertz CT molecular complexity index is 1290. The third-order valence-corrected chi connectivity index (χ3v) is 8.96. The summed E-state index contributed by atoms with van der Waals surface area (Å²) in [6.07, 6.45) is 20.3. The van der Waals surface area contributed by atoms with E-state index in [2.05, 4.69) is 13.8 Å². The van der Waals surface area contributed by atoms with Gasteiger partial charge in [-0.2, -0.15) is 0 Å². The summed E-state index contributed by atoms with van der Waals surface area (Å²) < 4.78 is 22.8. The summed E-state index contributed by atoms with van der Waals surface area (Å²) in [5.74, 6) is -0.476. The molecule has 0 unspecified atom stereocenters. The number of hydrogen-bond acceptors (Lipinski definition) is 8. The van der Waals surface area contributed by atoms with Crippen LogP contribution < -0.4 is 18.9 Å². The van der Waals surface area contributed by atoms with Crippen molar-refractivity contribution >= 4 is 17.7 Å². The second kappa shape index (κ2) is 22.2. The van der Waals surface area contributed by atoms with Crippen LogP contribution in [0.2, 0.25) is 0 Å². The molecule has 0 saturated heterocycles. The summed E-state index contributed by atoms with van der Waals surface area (Å²) in [7, 11) is 1.46. The minimum Gasteiger partial charge on any atom is -0.504 e. The number of esters is 2. The van der Waals surface area contributed by atoms with E-state index in [-0.39, 0.29) is 59.6 Å². The van der Waals surface area contributed by atoms with E-state index in [1.54, 1.807) is 12.1 Å². The molecule has 2 aromatic carbocycles. The molecule has 1 aliphatic rings. The summed E-state index contributed by atoms with van der Waals surface area (Å²) >= 11 is 0. The van der Waals surface area contributed by atoms with Crippen molar-refractivity contribution in [3.63, 3.8) is 0 Å². The fraction of sp³-hybridized carbons (Fsp3) is 0.625. The summed E-state index contributed by atoms with van der Waals surface area (Å²) in [6, 6.07) is 7.79. The first-order valence-electron chi connectivity index (χ1n) is 18.5. The van der Waals surface area contributed by atoms with Crippen LogP contribution in [-0.2, 0) is 9.59 Å². The molecule has 0 radical (unpaired) electrons. The van der Waals surface area contributed by atoms with Crippen LogP contribution in [0.25, 0.3) is 0 Å². The minimum absolute atomic E-state index is 0.0146. The van der Waals surface area contributed by atoms with Crippen molar-refractivity contribution in [2.45, 2.75) is 155 Å². The minimum atomic E-state index is -0.694. The average molecular weight is 667 g/mol. The van der Waals surface area contributed by atoms with Gasteiger partial charge in [-0.3, -0.25) is 14.4 Å². The van der Waals surface area contributed by atoms with E-state index in [1.807, 2.05) is 0 Å². The van der Waals surface area contributed by atoms with Crippen LogP contribution in [0.15, 0.2) is 30.3 Å². The molecule has 8 heteroatoms. The highest BCUT2D eigenvalue weighted by Gasteiger charge is 2.33. The van der Waals surface area contributed by atoms with Gasteiger partial charge in [-0.15, -0.1) is 0 Å². The number of rotatable bonds is 24. The van der Waals surface area contributed by atoms with Gasteiger partial charge in [-0.05, 0) is 30.5 Å². The number of carbonyl (C=O) groups is 3. The van der Waals surface area contributed by atoms with E-state index >= 15 is 0 Å². The van der Waals surface area contributed by atoms with Crippen LogP contribution in [0.5, 0.6) is 28.7 Å². The molecule has 266 valence electrons. The highest BCUT2D eigenvalue weighted by Crippen LogP contribution is 2.43. The highest BCUT2D eigenvalue weighted by molar-refractivity contribution is 6.03. The van der Waals surface area contributed by atoms with Crippen LogP contribution in [0, 0.1) is 0 Å². The average Bonchev–Trinajstić information content (AvgIpc) is 3.06. The number of fused-ring (bicyclic) bond motifs is 1. The van der Waals surface area contributed by atoms with Crippen LogP contribution in [0.3, 0.4) is 0 Å². The number of Topliss-reactive ketones (excluding diaryl/α,β-unsaturated/α-hetero) is 1. The zero-order valence-corrected chi connectivity index (χ0v) is 29.6. The van der Waals surface area contributed by atoms with Gasteiger partial charge in [0.2, 0.25) is 0 Å². The van der Waals surface area contributed by atoms with Gasteiger partial charge in [0.25, 0.3) is 0 Å². The largest absolute Gasteiger partial charge is 0.504 e. The summed E-state index contributed by atoms with van der Waals surface area (Å²) in [5.41, 5.74) is 0.743. The lowest BCUT2D eigenvalue weighted by Gasteiger charge is -2.27. The van der Waals surface area contributed by atoms with Crippen molar-refractivity contribution in [2.75, 3.05) is 7.11 Å². The number of phenolic OH excluding ortho intramolecular Hbond substituents is 1. The number of phenols is 1. The van der Waals surface area contributed by atoms with Crippen molar-refractivity contribution < 1.29 is 38.4 Å². The second-order valence-electron chi connectivity index (χ2n) is 13.1. The highest BCUT2D eigenvalue weighted by atomic mass is 16.6. The number of carbonyl (C=O) groups excluding carboxylic acids is 3. The van der Waals surface area contributed by atoms with Gasteiger partial charge in [-0.1, -0.05) is 123 Å².